The van der Waals surface area contributed by atoms with Crippen molar-refractivity contribution in [3.05, 3.63) is 23.3 Å². The summed E-state index contributed by atoms with van der Waals surface area (Å²) in [5, 5.41) is 0. The Kier molecular flexibility index (Phi) is 5.92. The van der Waals surface area contributed by atoms with Crippen molar-refractivity contribution in [1.82, 2.24) is 0 Å². The van der Waals surface area contributed by atoms with Crippen LogP contribution in [0.15, 0.2) is 23.3 Å². The van der Waals surface area contributed by atoms with Gasteiger partial charge in [-0.15, -0.1) is 11.8 Å². The zero-order valence-corrected chi connectivity index (χ0v) is 9.06. The quantitative estimate of drug-likeness (QED) is 0.478. The smallest absolute Gasteiger partial charge is 0.197 e. The van der Waals surface area contributed by atoms with Crippen molar-refractivity contribution in [3.63, 3.8) is 0 Å². The van der Waals surface area contributed by atoms with Crippen molar-refractivity contribution < 1.29 is 4.79 Å². The zero-order valence-electron chi connectivity index (χ0n) is 9.06. The molecule has 0 bridgehead atoms. The summed E-state index contributed by atoms with van der Waals surface area (Å²) in [7, 11) is 0. The molecule has 0 aromatic carbocycles. The summed E-state index contributed by atoms with van der Waals surface area (Å²) in [5.41, 5.74) is 1.15. The fourth-order valence-electron chi connectivity index (χ4n) is 0.853. The third-order valence-corrected chi connectivity index (χ3v) is 1.58. The van der Waals surface area contributed by atoms with Crippen LogP contribution < -0.4 is 0 Å². The van der Waals surface area contributed by atoms with E-state index in [1.165, 1.54) is 0 Å². The first-order valence-corrected chi connectivity index (χ1v) is 4.40. The summed E-state index contributed by atoms with van der Waals surface area (Å²) < 4.78 is 0. The number of ketones is 1. The van der Waals surface area contributed by atoms with Gasteiger partial charge in [-0.05, 0) is 33.8 Å². The van der Waals surface area contributed by atoms with Crippen LogP contribution in [-0.4, -0.2) is 5.78 Å². The molecule has 1 nitrogen and oxygen atoms in total. The van der Waals surface area contributed by atoms with E-state index in [1.807, 2.05) is 0 Å². The van der Waals surface area contributed by atoms with Gasteiger partial charge in [0.1, 0.15) is 0 Å². The maximum Gasteiger partial charge on any atom is 0.197 e. The third-order valence-electron chi connectivity index (χ3n) is 1.58. The monoisotopic (exact) mass is 186 g/mol. The molecular weight excluding hydrogens is 172 g/mol. The van der Waals surface area contributed by atoms with E-state index >= 15 is 0 Å². The average Bonchev–Trinajstić information content (AvgIpc) is 2.21. The Morgan fingerprint density at radius 3 is 2.29 bits per heavy atom. The van der Waals surface area contributed by atoms with Crippen molar-refractivity contribution >= 4 is 5.78 Å². The number of rotatable bonds is 2. The van der Waals surface area contributed by atoms with E-state index in [4.69, 9.17) is 0 Å². The second-order valence-corrected chi connectivity index (χ2v) is 2.63. The minimum atomic E-state index is -0.0513. The van der Waals surface area contributed by atoms with Gasteiger partial charge in [-0.1, -0.05) is 17.9 Å². The highest BCUT2D eigenvalue weighted by atomic mass is 16.1. The lowest BCUT2D eigenvalue weighted by atomic mass is 10.1. The minimum absolute atomic E-state index is 0.0513. The Bertz CT molecular complexity index is 386. The summed E-state index contributed by atoms with van der Waals surface area (Å²) in [6.45, 7) is 6.99. The molecule has 0 aromatic heterocycles. The molecule has 0 radical (unpaired) electrons. The van der Waals surface area contributed by atoms with Crippen molar-refractivity contribution in [2.24, 2.45) is 0 Å². The number of Topliss-reactive ketones (excluding diaryl/α,β-unsaturated/α-hetero) is 1. The molecule has 0 amide bonds. The second kappa shape index (κ2) is 6.75. The second-order valence-electron chi connectivity index (χ2n) is 2.63. The van der Waals surface area contributed by atoms with Gasteiger partial charge in [0.05, 0.1) is 5.57 Å². The zero-order chi connectivity index (χ0) is 11.0. The first-order valence-electron chi connectivity index (χ1n) is 4.40. The number of hydrogen-bond acceptors (Lipinski definition) is 1. The maximum atomic E-state index is 11.7. The maximum absolute atomic E-state index is 11.7. The molecule has 0 aliphatic rings. The molecule has 14 heavy (non-hydrogen) atoms. The van der Waals surface area contributed by atoms with Crippen LogP contribution in [0.1, 0.15) is 27.7 Å². The summed E-state index contributed by atoms with van der Waals surface area (Å²) in [6.07, 6.45) is 3.33. The van der Waals surface area contributed by atoms with Crippen LogP contribution in [-0.2, 0) is 4.79 Å². The highest BCUT2D eigenvalue weighted by Crippen LogP contribution is 2.04. The molecule has 0 rings (SSSR count). The molecule has 0 atom stereocenters. The molecule has 0 unspecified atom stereocenters. The van der Waals surface area contributed by atoms with Crippen LogP contribution in [0.25, 0.3) is 0 Å². The van der Waals surface area contributed by atoms with Gasteiger partial charge in [-0.3, -0.25) is 4.79 Å². The largest absolute Gasteiger partial charge is 0.288 e. The summed E-state index contributed by atoms with van der Waals surface area (Å²) in [4.78, 5) is 11.7. The van der Waals surface area contributed by atoms with Gasteiger partial charge in [0.15, 0.2) is 5.78 Å². The van der Waals surface area contributed by atoms with Gasteiger partial charge in [0.25, 0.3) is 0 Å². The van der Waals surface area contributed by atoms with E-state index in [-0.39, 0.29) is 5.78 Å². The van der Waals surface area contributed by atoms with Gasteiger partial charge in [0, 0.05) is 5.57 Å². The van der Waals surface area contributed by atoms with E-state index in [0.29, 0.717) is 11.1 Å². The van der Waals surface area contributed by atoms with Gasteiger partial charge < -0.3 is 0 Å². The van der Waals surface area contributed by atoms with Crippen LogP contribution in [0.4, 0.5) is 0 Å². The Morgan fingerprint density at radius 1 is 1.21 bits per heavy atom. The van der Waals surface area contributed by atoms with Crippen LogP contribution in [0.2, 0.25) is 0 Å². The van der Waals surface area contributed by atoms with Crippen LogP contribution >= 0.6 is 0 Å². The van der Waals surface area contributed by atoms with Crippen molar-refractivity contribution in [1.29, 1.82) is 0 Å². The first kappa shape index (κ1) is 12.3. The van der Waals surface area contributed by atoms with Gasteiger partial charge >= 0.3 is 0 Å². The highest BCUT2D eigenvalue weighted by Gasteiger charge is 2.07. The number of allylic oxidation sites excluding steroid dienone is 4. The van der Waals surface area contributed by atoms with Gasteiger partial charge in [-0.2, -0.15) is 0 Å². The van der Waals surface area contributed by atoms with Gasteiger partial charge in [0.2, 0.25) is 0 Å². The van der Waals surface area contributed by atoms with E-state index in [0.717, 1.165) is 0 Å². The molecule has 0 spiro atoms. The van der Waals surface area contributed by atoms with E-state index < -0.39 is 0 Å². The molecule has 0 aromatic rings. The number of carbonyl (C=O) groups is 1. The normalized spacial score (nSPS) is 10.9. The topological polar surface area (TPSA) is 17.1 Å². The molecule has 0 saturated carbocycles. The van der Waals surface area contributed by atoms with Gasteiger partial charge in [-0.25, -0.2) is 0 Å². The highest BCUT2D eigenvalue weighted by molar-refractivity contribution is 6.11. The first-order chi connectivity index (χ1) is 6.67. The third kappa shape index (κ3) is 3.78. The van der Waals surface area contributed by atoms with Crippen LogP contribution in [0.5, 0.6) is 0 Å². The van der Waals surface area contributed by atoms with E-state index in [9.17, 15) is 4.79 Å². The SMILES string of the molecule is CC#C/C=C(\C)C(=O)/C(C#CC)=C\C. The Hall–Kier alpha value is -1.73. The number of carbonyl (C=O) groups excluding carboxylic acids is 1. The predicted octanol–water partition coefficient (Wildman–Crippen LogP) is 2.49. The summed E-state index contributed by atoms with van der Waals surface area (Å²) >= 11 is 0. The lowest BCUT2D eigenvalue weighted by molar-refractivity contribution is -0.111. The van der Waals surface area contributed by atoms with Crippen LogP contribution in [0.3, 0.4) is 0 Å². The molecule has 0 aliphatic heterocycles. The fraction of sp³-hybridized carbons (Fsp3) is 0.308. The minimum Gasteiger partial charge on any atom is -0.288 e. The Balaban J connectivity index is 4.89. The summed E-state index contributed by atoms with van der Waals surface area (Å²) in [6, 6.07) is 0. The Labute approximate surface area is 85.9 Å². The lowest BCUT2D eigenvalue weighted by Crippen LogP contribution is -2.02. The summed E-state index contributed by atoms with van der Waals surface area (Å²) in [5.74, 6) is 10.9. The Morgan fingerprint density at radius 2 is 1.86 bits per heavy atom. The molecular formula is C13H14O. The van der Waals surface area contributed by atoms with Crippen molar-refractivity contribution in [2.45, 2.75) is 27.7 Å². The molecule has 0 saturated heterocycles. The molecule has 0 heterocycles. The van der Waals surface area contributed by atoms with Crippen molar-refractivity contribution in [3.8, 4) is 23.7 Å². The standard InChI is InChI=1S/C13H14O/c1-5-8-10-11(4)13(14)12(7-3)9-6-2/h7,10H,1-4H3/b11-10+,12-7-. The molecule has 72 valence electrons. The molecule has 1 heteroatoms. The molecule has 0 aliphatic carbocycles. The molecule has 0 N–H and O–H groups in total. The number of hydrogen-bond donors (Lipinski definition) is 0. The van der Waals surface area contributed by atoms with E-state index in [1.54, 1.807) is 39.8 Å². The van der Waals surface area contributed by atoms with E-state index in [2.05, 4.69) is 23.7 Å². The lowest BCUT2D eigenvalue weighted by Gasteiger charge is -1.96. The average molecular weight is 186 g/mol. The fourth-order valence-corrected chi connectivity index (χ4v) is 0.853. The molecule has 0 fully saturated rings. The predicted molar refractivity (Wildman–Crippen MR) is 59.4 cm³/mol. The van der Waals surface area contributed by atoms with Crippen molar-refractivity contribution in [2.75, 3.05) is 0 Å². The van der Waals surface area contributed by atoms with Crippen LogP contribution in [0, 0.1) is 23.7 Å².